The lowest BCUT2D eigenvalue weighted by atomic mass is 9.70. The van der Waals surface area contributed by atoms with Crippen molar-refractivity contribution >= 4 is 11.6 Å². The van der Waals surface area contributed by atoms with E-state index in [-0.39, 0.29) is 11.3 Å². The van der Waals surface area contributed by atoms with E-state index >= 15 is 0 Å². The number of hydrazone groups is 1. The van der Waals surface area contributed by atoms with Gasteiger partial charge < -0.3 is 0 Å². The van der Waals surface area contributed by atoms with Crippen molar-refractivity contribution in [2.45, 2.75) is 47.0 Å². The molecule has 0 aromatic carbocycles. The zero-order valence-corrected chi connectivity index (χ0v) is 10.1. The Morgan fingerprint density at radius 3 is 2.53 bits per heavy atom. The summed E-state index contributed by atoms with van der Waals surface area (Å²) in [6.07, 6.45) is 3.58. The molecule has 2 rings (SSSR count). The Kier molecular flexibility index (Phi) is 2.18. The van der Waals surface area contributed by atoms with Gasteiger partial charge in [0, 0.05) is 18.1 Å². The number of hydrogen-bond acceptors (Lipinski definition) is 2. The summed E-state index contributed by atoms with van der Waals surface area (Å²) in [7, 11) is 0. The maximum atomic E-state index is 10.9. The number of rotatable bonds is 1. The summed E-state index contributed by atoms with van der Waals surface area (Å²) >= 11 is 0. The SMILES string of the molecule is CC(=O)N/N=C1\C[C@@H]2CC[C@]1(C)C2(C)C. The lowest BCUT2D eigenvalue weighted by Gasteiger charge is -2.34. The van der Waals surface area contributed by atoms with Gasteiger partial charge in [0.15, 0.2) is 0 Å². The molecule has 0 unspecified atom stereocenters. The van der Waals surface area contributed by atoms with Crippen LogP contribution in [0.1, 0.15) is 47.0 Å². The van der Waals surface area contributed by atoms with Gasteiger partial charge in [-0.2, -0.15) is 5.10 Å². The van der Waals surface area contributed by atoms with E-state index in [9.17, 15) is 4.79 Å². The van der Waals surface area contributed by atoms with E-state index in [0.29, 0.717) is 5.41 Å². The molecule has 2 bridgehead atoms. The van der Waals surface area contributed by atoms with Crippen molar-refractivity contribution in [2.24, 2.45) is 21.8 Å². The first-order valence-electron chi connectivity index (χ1n) is 5.71. The van der Waals surface area contributed by atoms with Gasteiger partial charge >= 0.3 is 0 Å². The van der Waals surface area contributed by atoms with E-state index in [1.54, 1.807) is 0 Å². The second kappa shape index (κ2) is 3.06. The van der Waals surface area contributed by atoms with Crippen molar-refractivity contribution in [3.63, 3.8) is 0 Å². The number of hydrogen-bond donors (Lipinski definition) is 1. The van der Waals surface area contributed by atoms with E-state index in [1.165, 1.54) is 25.5 Å². The Morgan fingerprint density at radius 1 is 1.47 bits per heavy atom. The van der Waals surface area contributed by atoms with Crippen LogP contribution in [-0.4, -0.2) is 11.6 Å². The molecule has 0 aliphatic heterocycles. The smallest absolute Gasteiger partial charge is 0.236 e. The minimum Gasteiger partial charge on any atom is -0.274 e. The predicted molar refractivity (Wildman–Crippen MR) is 60.5 cm³/mol. The third kappa shape index (κ3) is 1.32. The van der Waals surface area contributed by atoms with Gasteiger partial charge in [0.2, 0.25) is 5.91 Å². The Morgan fingerprint density at radius 2 is 2.13 bits per heavy atom. The van der Waals surface area contributed by atoms with Crippen LogP contribution in [0.2, 0.25) is 0 Å². The normalized spacial score (nSPS) is 39.7. The maximum absolute atomic E-state index is 10.9. The Balaban J connectivity index is 2.26. The molecule has 0 heterocycles. The molecule has 3 nitrogen and oxygen atoms in total. The highest BCUT2D eigenvalue weighted by Crippen LogP contribution is 2.63. The van der Waals surface area contributed by atoms with Crippen LogP contribution in [0.4, 0.5) is 0 Å². The van der Waals surface area contributed by atoms with Crippen LogP contribution in [0, 0.1) is 16.7 Å². The summed E-state index contributed by atoms with van der Waals surface area (Å²) in [6, 6.07) is 0. The standard InChI is InChI=1S/C12H20N2O/c1-8(15)13-14-10-7-9-5-6-12(10,4)11(9,2)3/h9H,5-7H2,1-4H3,(H,13,15)/b14-10+/t9-,12-/m0/s1. The van der Waals surface area contributed by atoms with Gasteiger partial charge in [-0.05, 0) is 30.6 Å². The summed E-state index contributed by atoms with van der Waals surface area (Å²) < 4.78 is 0. The van der Waals surface area contributed by atoms with Gasteiger partial charge in [0.05, 0.1) is 0 Å². The lowest BCUT2D eigenvalue weighted by molar-refractivity contribution is -0.118. The molecule has 0 aromatic rings. The van der Waals surface area contributed by atoms with Crippen LogP contribution in [0.15, 0.2) is 5.10 Å². The van der Waals surface area contributed by atoms with Crippen LogP contribution in [-0.2, 0) is 4.79 Å². The fourth-order valence-corrected chi connectivity index (χ4v) is 3.24. The monoisotopic (exact) mass is 208 g/mol. The number of carbonyl (C=O) groups is 1. The van der Waals surface area contributed by atoms with E-state index < -0.39 is 0 Å². The first kappa shape index (κ1) is 10.7. The minimum atomic E-state index is -0.0771. The zero-order valence-electron chi connectivity index (χ0n) is 10.1. The number of nitrogens with one attached hydrogen (secondary N) is 1. The molecule has 1 amide bonds. The molecule has 0 spiro atoms. The van der Waals surface area contributed by atoms with Crippen molar-refractivity contribution in [1.82, 2.24) is 5.43 Å². The second-order valence-corrected chi connectivity index (χ2v) is 5.72. The summed E-state index contributed by atoms with van der Waals surface area (Å²) in [6.45, 7) is 8.47. The van der Waals surface area contributed by atoms with Crippen LogP contribution in [0.5, 0.6) is 0 Å². The highest BCUT2D eigenvalue weighted by atomic mass is 16.2. The Bertz CT molecular complexity index is 333. The molecule has 2 saturated carbocycles. The van der Waals surface area contributed by atoms with Gasteiger partial charge in [-0.1, -0.05) is 20.8 Å². The van der Waals surface area contributed by atoms with Gasteiger partial charge in [-0.15, -0.1) is 0 Å². The molecule has 15 heavy (non-hydrogen) atoms. The summed E-state index contributed by atoms with van der Waals surface area (Å²) in [5, 5.41) is 4.29. The molecule has 0 aromatic heterocycles. The van der Waals surface area contributed by atoms with Crippen LogP contribution < -0.4 is 5.43 Å². The van der Waals surface area contributed by atoms with Crippen LogP contribution in [0.3, 0.4) is 0 Å². The zero-order chi connectivity index (χ0) is 11.3. The minimum absolute atomic E-state index is 0.0771. The van der Waals surface area contributed by atoms with Crippen molar-refractivity contribution < 1.29 is 4.79 Å². The van der Waals surface area contributed by atoms with E-state index in [4.69, 9.17) is 0 Å². The summed E-state index contributed by atoms with van der Waals surface area (Å²) in [5.41, 5.74) is 4.31. The molecule has 2 aliphatic rings. The van der Waals surface area contributed by atoms with Crippen molar-refractivity contribution in [2.75, 3.05) is 0 Å². The molecule has 1 N–H and O–H groups in total. The van der Waals surface area contributed by atoms with Gasteiger partial charge in [0.25, 0.3) is 0 Å². The third-order valence-electron chi connectivity index (χ3n) is 4.86. The summed E-state index contributed by atoms with van der Waals surface area (Å²) in [4.78, 5) is 10.9. The lowest BCUT2D eigenvalue weighted by Crippen LogP contribution is -2.34. The highest BCUT2D eigenvalue weighted by Gasteiger charge is 2.59. The van der Waals surface area contributed by atoms with Crippen LogP contribution >= 0.6 is 0 Å². The van der Waals surface area contributed by atoms with E-state index in [1.807, 2.05) is 0 Å². The highest BCUT2D eigenvalue weighted by molar-refractivity contribution is 5.94. The van der Waals surface area contributed by atoms with Crippen molar-refractivity contribution in [1.29, 1.82) is 0 Å². The molecule has 2 aliphatic carbocycles. The number of carbonyl (C=O) groups excluding carboxylic acids is 1. The molecule has 84 valence electrons. The third-order valence-corrected chi connectivity index (χ3v) is 4.86. The molecule has 2 fully saturated rings. The predicted octanol–water partition coefficient (Wildman–Crippen LogP) is 2.32. The average molecular weight is 208 g/mol. The number of amides is 1. The molecule has 2 atom stereocenters. The van der Waals surface area contributed by atoms with Gasteiger partial charge in [-0.25, -0.2) is 5.43 Å². The topological polar surface area (TPSA) is 41.5 Å². The molecule has 0 saturated heterocycles. The molecular formula is C12H20N2O. The second-order valence-electron chi connectivity index (χ2n) is 5.72. The quantitative estimate of drug-likeness (QED) is 0.660. The Hall–Kier alpha value is -0.860. The Labute approximate surface area is 91.3 Å². The molecule has 3 heteroatoms. The fraction of sp³-hybridized carbons (Fsp3) is 0.833. The fourth-order valence-electron chi connectivity index (χ4n) is 3.24. The largest absolute Gasteiger partial charge is 0.274 e. The van der Waals surface area contributed by atoms with Crippen LogP contribution in [0.25, 0.3) is 0 Å². The first-order valence-corrected chi connectivity index (χ1v) is 5.71. The molecular weight excluding hydrogens is 188 g/mol. The van der Waals surface area contributed by atoms with E-state index in [2.05, 4.69) is 31.3 Å². The maximum Gasteiger partial charge on any atom is 0.236 e. The average Bonchev–Trinajstić information content (AvgIpc) is 2.46. The van der Waals surface area contributed by atoms with Crippen molar-refractivity contribution in [3.05, 3.63) is 0 Å². The van der Waals surface area contributed by atoms with E-state index in [0.717, 1.165) is 12.3 Å². The molecule has 0 radical (unpaired) electrons. The summed E-state index contributed by atoms with van der Waals surface area (Å²) in [5.74, 6) is 0.668. The number of nitrogens with zero attached hydrogens (tertiary/aromatic N) is 1. The van der Waals surface area contributed by atoms with Gasteiger partial charge in [-0.3, -0.25) is 4.79 Å². The number of fused-ring (bicyclic) bond motifs is 2. The first-order chi connectivity index (χ1) is 6.88. The van der Waals surface area contributed by atoms with Gasteiger partial charge in [0.1, 0.15) is 0 Å². The van der Waals surface area contributed by atoms with Crippen molar-refractivity contribution in [3.8, 4) is 0 Å².